The standard InChI is InChI=1S/C16H22N2O2/c1-4-18(5-2)16(19)9-6-12-11-17-15-8-7-13(20-3)10-14(12)15/h7-8,10-11,17H,4-6,9H2,1-3H3. The molecular weight excluding hydrogens is 252 g/mol. The van der Waals surface area contributed by atoms with Crippen molar-refractivity contribution in [3.8, 4) is 5.75 Å². The van der Waals surface area contributed by atoms with Crippen molar-refractivity contribution >= 4 is 16.8 Å². The lowest BCUT2D eigenvalue weighted by molar-refractivity contribution is -0.130. The number of nitrogens with zero attached hydrogens (tertiary/aromatic N) is 1. The summed E-state index contributed by atoms with van der Waals surface area (Å²) in [5.41, 5.74) is 2.25. The number of carbonyl (C=O) groups excluding carboxylic acids is 1. The molecule has 1 amide bonds. The zero-order chi connectivity index (χ0) is 14.5. The molecule has 0 aliphatic rings. The van der Waals surface area contributed by atoms with E-state index in [0.29, 0.717) is 6.42 Å². The van der Waals surface area contributed by atoms with Crippen LogP contribution in [0.15, 0.2) is 24.4 Å². The van der Waals surface area contributed by atoms with Gasteiger partial charge in [-0.25, -0.2) is 0 Å². The van der Waals surface area contributed by atoms with E-state index < -0.39 is 0 Å². The molecule has 0 aliphatic carbocycles. The molecule has 1 aromatic heterocycles. The number of fused-ring (bicyclic) bond motifs is 1. The molecule has 4 nitrogen and oxygen atoms in total. The van der Waals surface area contributed by atoms with Crippen molar-refractivity contribution in [1.82, 2.24) is 9.88 Å². The Bertz CT molecular complexity index is 585. The van der Waals surface area contributed by atoms with Crippen LogP contribution in [0.5, 0.6) is 5.75 Å². The lowest BCUT2D eigenvalue weighted by Gasteiger charge is -2.18. The minimum Gasteiger partial charge on any atom is -0.497 e. The second-order valence-corrected chi connectivity index (χ2v) is 4.79. The zero-order valence-electron chi connectivity index (χ0n) is 12.4. The van der Waals surface area contributed by atoms with E-state index in [0.717, 1.165) is 36.2 Å². The second kappa shape index (κ2) is 6.46. The van der Waals surface area contributed by atoms with Gasteiger partial charge >= 0.3 is 0 Å². The highest BCUT2D eigenvalue weighted by molar-refractivity contribution is 5.85. The van der Waals surface area contributed by atoms with Crippen molar-refractivity contribution in [2.45, 2.75) is 26.7 Å². The van der Waals surface area contributed by atoms with Gasteiger partial charge < -0.3 is 14.6 Å². The minimum atomic E-state index is 0.215. The van der Waals surface area contributed by atoms with Crippen molar-refractivity contribution in [3.05, 3.63) is 30.0 Å². The molecule has 0 fully saturated rings. The molecule has 1 heterocycles. The molecule has 1 aromatic carbocycles. The molecule has 0 aliphatic heterocycles. The van der Waals surface area contributed by atoms with Gasteiger partial charge in [0.05, 0.1) is 7.11 Å². The first-order valence-electron chi connectivity index (χ1n) is 7.11. The molecule has 4 heteroatoms. The molecule has 108 valence electrons. The number of H-pyrrole nitrogens is 1. The van der Waals surface area contributed by atoms with Gasteiger partial charge in [-0.15, -0.1) is 0 Å². The molecular formula is C16H22N2O2. The maximum Gasteiger partial charge on any atom is 0.222 e. The SMILES string of the molecule is CCN(CC)C(=O)CCc1c[nH]c2ccc(OC)cc12. The third kappa shape index (κ3) is 2.95. The fourth-order valence-corrected chi connectivity index (χ4v) is 2.47. The van der Waals surface area contributed by atoms with E-state index in [1.54, 1.807) is 7.11 Å². The monoisotopic (exact) mass is 274 g/mol. The van der Waals surface area contributed by atoms with Crippen LogP contribution in [0.4, 0.5) is 0 Å². The van der Waals surface area contributed by atoms with Crippen molar-refractivity contribution in [3.63, 3.8) is 0 Å². The van der Waals surface area contributed by atoms with E-state index in [2.05, 4.69) is 4.98 Å². The highest BCUT2D eigenvalue weighted by Gasteiger charge is 2.11. The van der Waals surface area contributed by atoms with Crippen molar-refractivity contribution in [2.24, 2.45) is 0 Å². The molecule has 0 radical (unpaired) electrons. The van der Waals surface area contributed by atoms with Gasteiger partial charge in [-0.3, -0.25) is 4.79 Å². The number of aryl methyl sites for hydroxylation is 1. The van der Waals surface area contributed by atoms with Gasteiger partial charge in [0.15, 0.2) is 0 Å². The molecule has 0 unspecified atom stereocenters. The van der Waals surface area contributed by atoms with Gasteiger partial charge in [0.1, 0.15) is 5.75 Å². The maximum atomic E-state index is 12.1. The predicted octanol–water partition coefficient (Wildman–Crippen LogP) is 2.98. The van der Waals surface area contributed by atoms with Gasteiger partial charge in [0.2, 0.25) is 5.91 Å². The molecule has 1 N–H and O–H groups in total. The minimum absolute atomic E-state index is 0.215. The largest absolute Gasteiger partial charge is 0.497 e. The van der Waals surface area contributed by atoms with Gasteiger partial charge in [-0.05, 0) is 44.0 Å². The summed E-state index contributed by atoms with van der Waals surface area (Å²) in [7, 11) is 1.66. The number of amides is 1. The maximum absolute atomic E-state index is 12.1. The molecule has 2 aromatic rings. The second-order valence-electron chi connectivity index (χ2n) is 4.79. The van der Waals surface area contributed by atoms with Gasteiger partial charge in [-0.2, -0.15) is 0 Å². The summed E-state index contributed by atoms with van der Waals surface area (Å²) >= 11 is 0. The average Bonchev–Trinajstić information content (AvgIpc) is 2.88. The van der Waals surface area contributed by atoms with Crippen LogP contribution in [-0.2, 0) is 11.2 Å². The number of rotatable bonds is 6. The third-order valence-corrected chi connectivity index (χ3v) is 3.70. The first-order chi connectivity index (χ1) is 9.69. The summed E-state index contributed by atoms with van der Waals surface area (Å²) in [4.78, 5) is 17.2. The van der Waals surface area contributed by atoms with Crippen LogP contribution in [0.25, 0.3) is 10.9 Å². The van der Waals surface area contributed by atoms with E-state index in [9.17, 15) is 4.79 Å². The quantitative estimate of drug-likeness (QED) is 0.880. The summed E-state index contributed by atoms with van der Waals surface area (Å²) in [6.07, 6.45) is 3.29. The Labute approximate surface area is 119 Å². The van der Waals surface area contributed by atoms with Crippen LogP contribution < -0.4 is 4.74 Å². The lowest BCUT2D eigenvalue weighted by Crippen LogP contribution is -2.30. The summed E-state index contributed by atoms with van der Waals surface area (Å²) < 4.78 is 5.26. The number of aromatic nitrogens is 1. The van der Waals surface area contributed by atoms with E-state index in [1.165, 1.54) is 5.56 Å². The molecule has 0 spiro atoms. The number of aromatic amines is 1. The number of benzene rings is 1. The number of hydrogen-bond acceptors (Lipinski definition) is 2. The smallest absolute Gasteiger partial charge is 0.222 e. The number of ether oxygens (including phenoxy) is 1. The lowest BCUT2D eigenvalue weighted by atomic mass is 10.1. The van der Waals surface area contributed by atoms with E-state index in [-0.39, 0.29) is 5.91 Å². The summed E-state index contributed by atoms with van der Waals surface area (Å²) in [5.74, 6) is 1.06. The highest BCUT2D eigenvalue weighted by Crippen LogP contribution is 2.24. The Morgan fingerprint density at radius 1 is 1.30 bits per heavy atom. The zero-order valence-corrected chi connectivity index (χ0v) is 12.4. The summed E-state index contributed by atoms with van der Waals surface area (Å²) in [5, 5.41) is 1.14. The third-order valence-electron chi connectivity index (χ3n) is 3.70. The molecule has 0 bridgehead atoms. The van der Waals surface area contributed by atoms with Gasteiger partial charge in [0, 0.05) is 36.6 Å². The average molecular weight is 274 g/mol. The van der Waals surface area contributed by atoms with Gasteiger partial charge in [-0.1, -0.05) is 0 Å². The predicted molar refractivity (Wildman–Crippen MR) is 81.1 cm³/mol. The summed E-state index contributed by atoms with van der Waals surface area (Å²) in [6.45, 7) is 5.57. The van der Waals surface area contributed by atoms with Crippen molar-refractivity contribution in [1.29, 1.82) is 0 Å². The van der Waals surface area contributed by atoms with Crippen molar-refractivity contribution in [2.75, 3.05) is 20.2 Å². The molecule has 0 atom stereocenters. The van der Waals surface area contributed by atoms with Crippen LogP contribution >= 0.6 is 0 Å². The van der Waals surface area contributed by atoms with E-state index in [1.807, 2.05) is 43.1 Å². The van der Waals surface area contributed by atoms with Crippen LogP contribution in [0.3, 0.4) is 0 Å². The first kappa shape index (κ1) is 14.4. The Balaban J connectivity index is 2.12. The number of hydrogen-bond donors (Lipinski definition) is 1. The van der Waals surface area contributed by atoms with Gasteiger partial charge in [0.25, 0.3) is 0 Å². The summed E-state index contributed by atoms with van der Waals surface area (Å²) in [6, 6.07) is 5.95. The normalized spacial score (nSPS) is 10.8. The molecule has 2 rings (SSSR count). The van der Waals surface area contributed by atoms with E-state index >= 15 is 0 Å². The fourth-order valence-electron chi connectivity index (χ4n) is 2.47. The fraction of sp³-hybridized carbons (Fsp3) is 0.438. The Morgan fingerprint density at radius 3 is 2.70 bits per heavy atom. The number of carbonyl (C=O) groups is 1. The van der Waals surface area contributed by atoms with Crippen LogP contribution in [0, 0.1) is 0 Å². The highest BCUT2D eigenvalue weighted by atomic mass is 16.5. The molecule has 0 saturated heterocycles. The Kier molecular flexibility index (Phi) is 4.66. The van der Waals surface area contributed by atoms with Crippen LogP contribution in [0.2, 0.25) is 0 Å². The van der Waals surface area contributed by atoms with Crippen LogP contribution in [-0.4, -0.2) is 36.0 Å². The first-order valence-corrected chi connectivity index (χ1v) is 7.11. The van der Waals surface area contributed by atoms with Crippen LogP contribution in [0.1, 0.15) is 25.8 Å². The number of methoxy groups -OCH3 is 1. The van der Waals surface area contributed by atoms with E-state index in [4.69, 9.17) is 4.74 Å². The Morgan fingerprint density at radius 2 is 2.05 bits per heavy atom. The topological polar surface area (TPSA) is 45.3 Å². The molecule has 20 heavy (non-hydrogen) atoms. The molecule has 0 saturated carbocycles. The van der Waals surface area contributed by atoms with Crippen molar-refractivity contribution < 1.29 is 9.53 Å². The Hall–Kier alpha value is -1.97. The number of nitrogens with one attached hydrogen (secondary N) is 1.